The molecule has 4 aromatic rings. The van der Waals surface area contributed by atoms with E-state index in [2.05, 4.69) is 55.2 Å². The average molecular weight is 466 g/mol. The highest BCUT2D eigenvalue weighted by molar-refractivity contribution is 5.93. The van der Waals surface area contributed by atoms with Crippen LogP contribution in [0.25, 0.3) is 17.0 Å². The molecular weight excluding hydrogens is 438 g/mol. The van der Waals surface area contributed by atoms with Crippen molar-refractivity contribution in [2.75, 3.05) is 6.54 Å². The number of carbonyl (C=O) groups excluding carboxylic acids is 1. The first-order valence-corrected chi connectivity index (χ1v) is 11.8. The van der Waals surface area contributed by atoms with Crippen LogP contribution in [0.4, 0.5) is 5.69 Å². The van der Waals surface area contributed by atoms with Crippen LogP contribution in [0.5, 0.6) is 0 Å². The van der Waals surface area contributed by atoms with Crippen LogP contribution in [0.3, 0.4) is 0 Å². The highest BCUT2D eigenvalue weighted by Crippen LogP contribution is 2.39. The zero-order valence-corrected chi connectivity index (χ0v) is 19.8. The molecule has 2 heterocycles. The van der Waals surface area contributed by atoms with Crippen molar-refractivity contribution in [3.8, 4) is 0 Å². The highest BCUT2D eigenvalue weighted by atomic mass is 16.6. The monoisotopic (exact) mass is 465 g/mol. The van der Waals surface area contributed by atoms with Gasteiger partial charge in [0.15, 0.2) is 0 Å². The average Bonchev–Trinajstić information content (AvgIpc) is 3.25. The molecule has 1 N–H and O–H groups in total. The molecule has 0 fully saturated rings. The van der Waals surface area contributed by atoms with E-state index in [1.54, 1.807) is 18.2 Å². The van der Waals surface area contributed by atoms with Gasteiger partial charge in [-0.1, -0.05) is 68.4 Å². The molecule has 0 bridgehead atoms. The predicted octanol–water partition coefficient (Wildman–Crippen LogP) is 6.39. The molecular formula is C29H27N3O3. The smallest absolute Gasteiger partial charge is 0.270 e. The molecule has 3 aromatic carbocycles. The normalized spacial score (nSPS) is 15.6. The number of rotatable bonds is 5. The molecule has 6 heteroatoms. The second kappa shape index (κ2) is 9.22. The fraction of sp³-hybridized carbons (Fsp3) is 0.207. The second-order valence-corrected chi connectivity index (χ2v) is 9.25. The molecule has 1 aromatic heterocycles. The minimum Gasteiger partial charge on any atom is -0.356 e. The number of hydrogen-bond donors (Lipinski definition) is 1. The molecule has 0 spiro atoms. The number of benzene rings is 3. The number of nitrogens with zero attached hydrogens (tertiary/aromatic N) is 2. The van der Waals surface area contributed by atoms with E-state index in [0.29, 0.717) is 18.0 Å². The number of aromatic amines is 1. The van der Waals surface area contributed by atoms with E-state index in [1.807, 2.05) is 17.0 Å². The summed E-state index contributed by atoms with van der Waals surface area (Å²) in [6.07, 6.45) is 3.92. The number of nitro groups is 1. The van der Waals surface area contributed by atoms with Gasteiger partial charge in [0.05, 0.1) is 11.0 Å². The summed E-state index contributed by atoms with van der Waals surface area (Å²) >= 11 is 0. The molecule has 0 saturated carbocycles. The fourth-order valence-corrected chi connectivity index (χ4v) is 4.89. The third kappa shape index (κ3) is 4.35. The minimum absolute atomic E-state index is 0.00316. The van der Waals surface area contributed by atoms with Gasteiger partial charge >= 0.3 is 0 Å². The van der Waals surface area contributed by atoms with Crippen molar-refractivity contribution in [1.29, 1.82) is 0 Å². The zero-order valence-electron chi connectivity index (χ0n) is 19.8. The molecule has 1 aliphatic rings. The predicted molar refractivity (Wildman–Crippen MR) is 138 cm³/mol. The van der Waals surface area contributed by atoms with E-state index in [4.69, 9.17) is 0 Å². The number of aromatic nitrogens is 1. The Morgan fingerprint density at radius 3 is 2.60 bits per heavy atom. The van der Waals surface area contributed by atoms with Crippen LogP contribution in [0.15, 0.2) is 78.9 Å². The first kappa shape index (κ1) is 22.6. The summed E-state index contributed by atoms with van der Waals surface area (Å²) < 4.78 is 0. The lowest BCUT2D eigenvalue weighted by Crippen LogP contribution is -2.39. The van der Waals surface area contributed by atoms with E-state index in [1.165, 1.54) is 34.7 Å². The minimum atomic E-state index is -0.432. The SMILES string of the molecule is CC(C)c1ccc(C2c3[nH]c4ccccc4c3CCN2C(=O)/C=C/c2cccc([N+](=O)[O-])c2)cc1. The van der Waals surface area contributed by atoms with Crippen molar-refractivity contribution in [3.05, 3.63) is 117 Å². The van der Waals surface area contributed by atoms with Crippen LogP contribution < -0.4 is 0 Å². The van der Waals surface area contributed by atoms with Gasteiger partial charge < -0.3 is 9.88 Å². The fourth-order valence-electron chi connectivity index (χ4n) is 4.89. The van der Waals surface area contributed by atoms with Gasteiger partial charge in [-0.15, -0.1) is 0 Å². The zero-order chi connectivity index (χ0) is 24.5. The number of H-pyrrole nitrogens is 1. The van der Waals surface area contributed by atoms with E-state index in [-0.39, 0.29) is 17.6 Å². The van der Waals surface area contributed by atoms with Gasteiger partial charge in [0.25, 0.3) is 5.69 Å². The Kier molecular flexibility index (Phi) is 5.95. The van der Waals surface area contributed by atoms with Gasteiger partial charge in [-0.25, -0.2) is 0 Å². The summed E-state index contributed by atoms with van der Waals surface area (Å²) in [5.41, 5.74) is 6.31. The third-order valence-corrected chi connectivity index (χ3v) is 6.74. The van der Waals surface area contributed by atoms with E-state index in [0.717, 1.165) is 23.2 Å². The Bertz CT molecular complexity index is 1430. The molecule has 1 unspecified atom stereocenters. The second-order valence-electron chi connectivity index (χ2n) is 9.25. The Balaban J connectivity index is 1.53. The Labute approximate surface area is 204 Å². The largest absolute Gasteiger partial charge is 0.356 e. The first-order valence-electron chi connectivity index (χ1n) is 11.8. The number of carbonyl (C=O) groups is 1. The van der Waals surface area contributed by atoms with Gasteiger partial charge in [-0.05, 0) is 46.7 Å². The van der Waals surface area contributed by atoms with Crippen molar-refractivity contribution in [3.63, 3.8) is 0 Å². The lowest BCUT2D eigenvalue weighted by molar-refractivity contribution is -0.384. The maximum absolute atomic E-state index is 13.5. The number of fused-ring (bicyclic) bond motifs is 3. The van der Waals surface area contributed by atoms with E-state index >= 15 is 0 Å². The standard InChI is InChI=1S/C29H27N3O3/c1-19(2)21-11-13-22(14-12-21)29-28-25(24-8-3-4-9-26(24)30-28)16-17-31(29)27(33)15-10-20-6-5-7-23(18-20)32(34)35/h3-15,18-19,29-30H,16-17H2,1-2H3/b15-10+. The van der Waals surface area contributed by atoms with E-state index < -0.39 is 4.92 Å². The molecule has 6 nitrogen and oxygen atoms in total. The summed E-state index contributed by atoms with van der Waals surface area (Å²) in [6.45, 7) is 4.92. The number of hydrogen-bond acceptors (Lipinski definition) is 3. The first-order chi connectivity index (χ1) is 16.9. The Morgan fingerprint density at radius 2 is 1.86 bits per heavy atom. The number of nitrogens with one attached hydrogen (secondary N) is 1. The lowest BCUT2D eigenvalue weighted by Gasteiger charge is -2.35. The van der Waals surface area contributed by atoms with Gasteiger partial charge in [0, 0.05) is 41.4 Å². The van der Waals surface area contributed by atoms with Crippen LogP contribution in [0.1, 0.15) is 53.8 Å². The van der Waals surface area contributed by atoms with Gasteiger partial charge in [-0.2, -0.15) is 0 Å². The molecule has 1 atom stereocenters. The number of nitro benzene ring substituents is 1. The summed E-state index contributed by atoms with van der Waals surface area (Å²) in [6, 6.07) is 22.8. The number of non-ortho nitro benzene ring substituents is 1. The quantitative estimate of drug-likeness (QED) is 0.211. The summed E-state index contributed by atoms with van der Waals surface area (Å²) in [7, 11) is 0. The van der Waals surface area contributed by atoms with Gasteiger partial charge in [0.2, 0.25) is 5.91 Å². The maximum atomic E-state index is 13.5. The molecule has 176 valence electrons. The summed E-state index contributed by atoms with van der Waals surface area (Å²) in [4.78, 5) is 29.6. The topological polar surface area (TPSA) is 79.2 Å². The van der Waals surface area contributed by atoms with Crippen molar-refractivity contribution in [2.24, 2.45) is 0 Å². The summed E-state index contributed by atoms with van der Waals surface area (Å²) in [5.74, 6) is 0.299. The molecule has 1 aliphatic heterocycles. The van der Waals surface area contributed by atoms with Crippen molar-refractivity contribution < 1.29 is 9.72 Å². The molecule has 0 aliphatic carbocycles. The molecule has 1 amide bonds. The van der Waals surface area contributed by atoms with Crippen LogP contribution in [-0.2, 0) is 11.2 Å². The summed E-state index contributed by atoms with van der Waals surface area (Å²) in [5, 5.41) is 12.3. The number of para-hydroxylation sites is 1. The van der Waals surface area contributed by atoms with Crippen molar-refractivity contribution in [1.82, 2.24) is 9.88 Å². The van der Waals surface area contributed by atoms with Crippen LogP contribution >= 0.6 is 0 Å². The van der Waals surface area contributed by atoms with Crippen molar-refractivity contribution in [2.45, 2.75) is 32.2 Å². The maximum Gasteiger partial charge on any atom is 0.270 e. The molecule has 0 radical (unpaired) electrons. The van der Waals surface area contributed by atoms with Gasteiger partial charge in [-0.3, -0.25) is 14.9 Å². The van der Waals surface area contributed by atoms with E-state index in [9.17, 15) is 14.9 Å². The van der Waals surface area contributed by atoms with Gasteiger partial charge in [0.1, 0.15) is 0 Å². The van der Waals surface area contributed by atoms with Crippen molar-refractivity contribution >= 4 is 28.6 Å². The molecule has 35 heavy (non-hydrogen) atoms. The highest BCUT2D eigenvalue weighted by Gasteiger charge is 2.33. The lowest BCUT2D eigenvalue weighted by atomic mass is 9.91. The van der Waals surface area contributed by atoms with Crippen LogP contribution in [0, 0.1) is 10.1 Å². The Hall–Kier alpha value is -4.19. The third-order valence-electron chi connectivity index (χ3n) is 6.74. The molecule has 0 saturated heterocycles. The van der Waals surface area contributed by atoms with Crippen LogP contribution in [0.2, 0.25) is 0 Å². The number of amides is 1. The Morgan fingerprint density at radius 1 is 1.09 bits per heavy atom. The van der Waals surface area contributed by atoms with Crippen LogP contribution in [-0.4, -0.2) is 27.3 Å². The molecule has 5 rings (SSSR count).